The van der Waals surface area contributed by atoms with E-state index in [1.165, 1.54) is 19.3 Å². The minimum Gasteiger partial charge on any atom is -0.342 e. The molecule has 1 amide bonds. The third-order valence-corrected chi connectivity index (χ3v) is 6.41. The van der Waals surface area contributed by atoms with E-state index in [-0.39, 0.29) is 0 Å². The average Bonchev–Trinajstić information content (AvgIpc) is 3.16. The quantitative estimate of drug-likeness (QED) is 0.847. The molecule has 0 radical (unpaired) electrons. The Morgan fingerprint density at radius 2 is 1.64 bits per heavy atom. The summed E-state index contributed by atoms with van der Waals surface area (Å²) in [5.74, 6) is 3.38. The topological polar surface area (TPSA) is 49.3 Å². The van der Waals surface area contributed by atoms with Gasteiger partial charge >= 0.3 is 0 Å². The summed E-state index contributed by atoms with van der Waals surface area (Å²) in [5, 5.41) is 0. The molecule has 4 rings (SSSR count). The van der Waals surface area contributed by atoms with Crippen molar-refractivity contribution in [3.63, 3.8) is 0 Å². The molecule has 5 nitrogen and oxygen atoms in total. The molecule has 1 saturated carbocycles. The lowest BCUT2D eigenvalue weighted by Gasteiger charge is -2.32. The predicted octanol–water partition coefficient (Wildman–Crippen LogP) is 2.96. The van der Waals surface area contributed by atoms with Crippen LogP contribution in [0.2, 0.25) is 0 Å². The van der Waals surface area contributed by atoms with Gasteiger partial charge in [0.2, 0.25) is 11.9 Å². The number of likely N-dealkylation sites (tertiary alicyclic amines) is 1. The Morgan fingerprint density at radius 3 is 2.24 bits per heavy atom. The standard InChI is InChI=1S/C20H30N4O/c1-14-10-15(2)22-20(21-14)23-8-6-16(7-9-23)11-19(25)24-12-17-4-3-5-18(17)13-24/h10,16-18H,3-9,11-13H2,1-2H3. The summed E-state index contributed by atoms with van der Waals surface area (Å²) in [7, 11) is 0. The average molecular weight is 342 g/mol. The molecule has 0 N–H and O–H groups in total. The summed E-state index contributed by atoms with van der Waals surface area (Å²) in [6.45, 7) is 8.03. The molecule has 3 heterocycles. The van der Waals surface area contributed by atoms with Crippen molar-refractivity contribution >= 4 is 11.9 Å². The first-order valence-electron chi connectivity index (χ1n) is 9.93. The highest BCUT2D eigenvalue weighted by Gasteiger charge is 2.38. The van der Waals surface area contributed by atoms with E-state index in [1.54, 1.807) is 0 Å². The second-order valence-corrected chi connectivity index (χ2v) is 8.34. The van der Waals surface area contributed by atoms with E-state index in [0.29, 0.717) is 11.8 Å². The summed E-state index contributed by atoms with van der Waals surface area (Å²) in [6, 6.07) is 2.01. The minimum absolute atomic E-state index is 0.399. The molecular formula is C20H30N4O. The number of fused-ring (bicyclic) bond motifs is 1. The van der Waals surface area contributed by atoms with Gasteiger partial charge in [-0.3, -0.25) is 4.79 Å². The van der Waals surface area contributed by atoms with Gasteiger partial charge in [-0.15, -0.1) is 0 Å². The first-order chi connectivity index (χ1) is 12.1. The van der Waals surface area contributed by atoms with Crippen LogP contribution >= 0.6 is 0 Å². The van der Waals surface area contributed by atoms with Gasteiger partial charge in [0.15, 0.2) is 0 Å². The van der Waals surface area contributed by atoms with Gasteiger partial charge in [-0.1, -0.05) is 6.42 Å². The normalized spacial score (nSPS) is 27.0. The molecule has 25 heavy (non-hydrogen) atoms. The number of carbonyl (C=O) groups is 1. The zero-order valence-corrected chi connectivity index (χ0v) is 15.6. The van der Waals surface area contributed by atoms with Crippen molar-refractivity contribution in [2.24, 2.45) is 17.8 Å². The highest BCUT2D eigenvalue weighted by molar-refractivity contribution is 5.76. The van der Waals surface area contributed by atoms with Crippen molar-refractivity contribution in [3.8, 4) is 0 Å². The van der Waals surface area contributed by atoms with Crippen LogP contribution in [0.4, 0.5) is 5.95 Å². The number of carbonyl (C=O) groups excluding carboxylic acids is 1. The van der Waals surface area contributed by atoms with Crippen LogP contribution in [0.25, 0.3) is 0 Å². The maximum atomic E-state index is 12.7. The molecule has 2 saturated heterocycles. The molecule has 136 valence electrons. The summed E-state index contributed by atoms with van der Waals surface area (Å²) in [5.41, 5.74) is 2.05. The number of aromatic nitrogens is 2. The SMILES string of the molecule is Cc1cc(C)nc(N2CCC(CC(=O)N3CC4CCCC4C3)CC2)n1. The van der Waals surface area contributed by atoms with Crippen molar-refractivity contribution < 1.29 is 4.79 Å². The summed E-state index contributed by atoms with van der Waals surface area (Å²) in [6.07, 6.45) is 6.92. The van der Waals surface area contributed by atoms with Crippen molar-refractivity contribution in [2.45, 2.75) is 52.4 Å². The summed E-state index contributed by atoms with van der Waals surface area (Å²) < 4.78 is 0. The zero-order chi connectivity index (χ0) is 17.4. The number of hydrogen-bond donors (Lipinski definition) is 0. The third-order valence-electron chi connectivity index (χ3n) is 6.41. The molecular weight excluding hydrogens is 312 g/mol. The predicted molar refractivity (Wildman–Crippen MR) is 98.5 cm³/mol. The van der Waals surface area contributed by atoms with E-state index in [9.17, 15) is 4.79 Å². The largest absolute Gasteiger partial charge is 0.342 e. The molecule has 2 unspecified atom stereocenters. The summed E-state index contributed by atoms with van der Waals surface area (Å²) in [4.78, 5) is 26.3. The Balaban J connectivity index is 1.28. The smallest absolute Gasteiger partial charge is 0.225 e. The lowest BCUT2D eigenvalue weighted by Crippen LogP contribution is -2.38. The van der Waals surface area contributed by atoms with Gasteiger partial charge in [0.05, 0.1) is 0 Å². The molecule has 2 atom stereocenters. The van der Waals surface area contributed by atoms with E-state index in [0.717, 1.165) is 74.6 Å². The fourth-order valence-corrected chi connectivity index (χ4v) is 5.00. The number of anilines is 1. The number of piperidine rings is 1. The van der Waals surface area contributed by atoms with Gasteiger partial charge in [-0.05, 0) is 63.4 Å². The Hall–Kier alpha value is -1.65. The number of nitrogens with zero attached hydrogens (tertiary/aromatic N) is 4. The Morgan fingerprint density at radius 1 is 1.04 bits per heavy atom. The van der Waals surface area contributed by atoms with Crippen LogP contribution < -0.4 is 4.90 Å². The van der Waals surface area contributed by atoms with Crippen molar-refractivity contribution in [1.29, 1.82) is 0 Å². The van der Waals surface area contributed by atoms with Gasteiger partial charge in [-0.2, -0.15) is 0 Å². The monoisotopic (exact) mass is 342 g/mol. The molecule has 1 aromatic heterocycles. The first-order valence-corrected chi connectivity index (χ1v) is 9.93. The molecule has 0 aromatic carbocycles. The van der Waals surface area contributed by atoms with E-state index in [2.05, 4.69) is 19.8 Å². The number of amides is 1. The van der Waals surface area contributed by atoms with E-state index >= 15 is 0 Å². The molecule has 5 heteroatoms. The lowest BCUT2D eigenvalue weighted by molar-refractivity contribution is -0.131. The number of rotatable bonds is 3. The van der Waals surface area contributed by atoms with Gasteiger partial charge < -0.3 is 9.80 Å². The number of hydrogen-bond acceptors (Lipinski definition) is 4. The highest BCUT2D eigenvalue weighted by Crippen LogP contribution is 2.38. The Bertz CT molecular complexity index is 606. The zero-order valence-electron chi connectivity index (χ0n) is 15.6. The van der Waals surface area contributed by atoms with Crippen LogP contribution in [0.1, 0.15) is 49.9 Å². The second-order valence-electron chi connectivity index (χ2n) is 8.34. The maximum absolute atomic E-state index is 12.7. The Kier molecular flexibility index (Phi) is 4.65. The fourth-order valence-electron chi connectivity index (χ4n) is 5.00. The highest BCUT2D eigenvalue weighted by atomic mass is 16.2. The van der Waals surface area contributed by atoms with Crippen molar-refractivity contribution in [3.05, 3.63) is 17.5 Å². The molecule has 2 aliphatic heterocycles. The first kappa shape index (κ1) is 16.8. The Labute approximate surface area is 150 Å². The molecule has 1 aliphatic carbocycles. The third kappa shape index (κ3) is 3.65. The minimum atomic E-state index is 0.399. The van der Waals surface area contributed by atoms with E-state index < -0.39 is 0 Å². The molecule has 1 aromatic rings. The summed E-state index contributed by atoms with van der Waals surface area (Å²) >= 11 is 0. The molecule has 0 spiro atoms. The molecule has 3 fully saturated rings. The van der Waals surface area contributed by atoms with Gasteiger partial charge in [0, 0.05) is 44.0 Å². The van der Waals surface area contributed by atoms with Crippen LogP contribution in [0.15, 0.2) is 6.07 Å². The van der Waals surface area contributed by atoms with Crippen molar-refractivity contribution in [1.82, 2.24) is 14.9 Å². The fraction of sp³-hybridized carbons (Fsp3) is 0.750. The van der Waals surface area contributed by atoms with Crippen LogP contribution in [0, 0.1) is 31.6 Å². The molecule has 3 aliphatic rings. The van der Waals surface area contributed by atoms with E-state index in [4.69, 9.17) is 0 Å². The second kappa shape index (κ2) is 6.93. The van der Waals surface area contributed by atoms with Gasteiger partial charge in [-0.25, -0.2) is 9.97 Å². The number of aryl methyl sites for hydroxylation is 2. The van der Waals surface area contributed by atoms with Gasteiger partial charge in [0.25, 0.3) is 0 Å². The lowest BCUT2D eigenvalue weighted by atomic mass is 9.93. The maximum Gasteiger partial charge on any atom is 0.225 e. The molecule has 0 bridgehead atoms. The van der Waals surface area contributed by atoms with Crippen LogP contribution in [-0.4, -0.2) is 47.0 Å². The van der Waals surface area contributed by atoms with E-state index in [1.807, 2.05) is 19.9 Å². The van der Waals surface area contributed by atoms with Crippen LogP contribution in [0.3, 0.4) is 0 Å². The van der Waals surface area contributed by atoms with Crippen molar-refractivity contribution in [2.75, 3.05) is 31.1 Å². The van der Waals surface area contributed by atoms with Gasteiger partial charge in [0.1, 0.15) is 0 Å². The van der Waals surface area contributed by atoms with Crippen LogP contribution in [-0.2, 0) is 4.79 Å². The van der Waals surface area contributed by atoms with Crippen LogP contribution in [0.5, 0.6) is 0 Å².